The number of benzene rings is 2. The average Bonchev–Trinajstić information content (AvgIpc) is 3.40. The lowest BCUT2D eigenvalue weighted by Crippen LogP contribution is -2.18. The molecule has 0 spiro atoms. The number of aryl methyl sites for hydroxylation is 1. The lowest BCUT2D eigenvalue weighted by atomic mass is 10.2. The maximum absolute atomic E-state index is 5.93. The largest absolute Gasteiger partial charge is 0.494 e. The van der Waals surface area contributed by atoms with Crippen LogP contribution in [-0.2, 0) is 13.1 Å². The molecule has 0 bridgehead atoms. The van der Waals surface area contributed by atoms with Crippen LogP contribution in [-0.4, -0.2) is 33.3 Å². The third kappa shape index (κ3) is 4.60. The number of rotatable bonds is 8. The van der Waals surface area contributed by atoms with Crippen LogP contribution < -0.4 is 4.74 Å². The fraction of sp³-hybridized carbons (Fsp3) is 0.250. The average molecular weight is 402 g/mol. The van der Waals surface area contributed by atoms with Crippen molar-refractivity contribution in [1.82, 2.24) is 19.7 Å². The van der Waals surface area contributed by atoms with Crippen molar-refractivity contribution < 1.29 is 9.15 Å². The topological polar surface area (TPSA) is 56.3 Å². The van der Waals surface area contributed by atoms with Gasteiger partial charge in [-0.1, -0.05) is 12.1 Å². The molecule has 2 aromatic heterocycles. The highest BCUT2D eigenvalue weighted by atomic mass is 16.5. The first kappa shape index (κ1) is 19.9. The van der Waals surface area contributed by atoms with Crippen LogP contribution in [0, 0.1) is 6.92 Å². The van der Waals surface area contributed by atoms with E-state index >= 15 is 0 Å². The Morgan fingerprint density at radius 2 is 1.90 bits per heavy atom. The van der Waals surface area contributed by atoms with Crippen molar-refractivity contribution in [3.8, 4) is 22.9 Å². The Hall–Kier alpha value is -3.38. The monoisotopic (exact) mass is 402 g/mol. The molecule has 6 nitrogen and oxygen atoms in total. The fourth-order valence-electron chi connectivity index (χ4n) is 3.40. The molecule has 2 aromatic carbocycles. The molecule has 0 atom stereocenters. The Labute approximate surface area is 176 Å². The van der Waals surface area contributed by atoms with Gasteiger partial charge in [0, 0.05) is 31.0 Å². The molecule has 0 amide bonds. The normalized spacial score (nSPS) is 11.2. The summed E-state index contributed by atoms with van der Waals surface area (Å²) in [5, 5.41) is 4.31. The standard InChI is InChI=1S/C24H26N4O2/c1-4-29-22-11-9-20(10-12-22)24-26-23(18(2)30-24)17-27(3)16-19-7-5-8-21(15-19)28-14-6-13-25-28/h5-15H,4,16-17H2,1-3H3. The first-order valence-corrected chi connectivity index (χ1v) is 10.1. The quantitative estimate of drug-likeness (QED) is 0.421. The fourth-order valence-corrected chi connectivity index (χ4v) is 3.40. The smallest absolute Gasteiger partial charge is 0.226 e. The van der Waals surface area contributed by atoms with Crippen LogP contribution in [0.25, 0.3) is 17.1 Å². The molecule has 4 aromatic rings. The van der Waals surface area contributed by atoms with Gasteiger partial charge < -0.3 is 9.15 Å². The summed E-state index contributed by atoms with van der Waals surface area (Å²) in [6, 6.07) is 18.2. The van der Waals surface area contributed by atoms with E-state index in [-0.39, 0.29) is 0 Å². The third-order valence-corrected chi connectivity index (χ3v) is 4.86. The molecule has 0 aliphatic carbocycles. The second-order valence-corrected chi connectivity index (χ2v) is 7.27. The van der Waals surface area contributed by atoms with E-state index in [2.05, 4.69) is 41.3 Å². The van der Waals surface area contributed by atoms with Gasteiger partial charge >= 0.3 is 0 Å². The second-order valence-electron chi connectivity index (χ2n) is 7.27. The predicted octanol–water partition coefficient (Wildman–Crippen LogP) is 4.87. The molecule has 0 saturated heterocycles. The minimum Gasteiger partial charge on any atom is -0.494 e. The number of aromatic nitrogens is 3. The summed E-state index contributed by atoms with van der Waals surface area (Å²) < 4.78 is 13.3. The summed E-state index contributed by atoms with van der Waals surface area (Å²) in [7, 11) is 2.09. The van der Waals surface area contributed by atoms with E-state index in [1.165, 1.54) is 5.56 Å². The number of ether oxygens (including phenoxy) is 1. The van der Waals surface area contributed by atoms with Crippen molar-refractivity contribution in [3.63, 3.8) is 0 Å². The van der Waals surface area contributed by atoms with Gasteiger partial charge in [-0.05, 0) is 68.9 Å². The molecular formula is C24H26N4O2. The lowest BCUT2D eigenvalue weighted by molar-refractivity contribution is 0.313. The summed E-state index contributed by atoms with van der Waals surface area (Å²) in [4.78, 5) is 6.96. The van der Waals surface area contributed by atoms with Crippen LogP contribution in [0.2, 0.25) is 0 Å². The summed E-state index contributed by atoms with van der Waals surface area (Å²) in [6.07, 6.45) is 3.73. The zero-order valence-corrected chi connectivity index (χ0v) is 17.6. The van der Waals surface area contributed by atoms with Gasteiger partial charge in [0.2, 0.25) is 5.89 Å². The number of oxazole rings is 1. The molecule has 6 heteroatoms. The van der Waals surface area contributed by atoms with Crippen LogP contribution in [0.15, 0.2) is 71.4 Å². The van der Waals surface area contributed by atoms with E-state index in [4.69, 9.17) is 14.1 Å². The van der Waals surface area contributed by atoms with Crippen molar-refractivity contribution in [1.29, 1.82) is 0 Å². The van der Waals surface area contributed by atoms with E-state index in [0.717, 1.165) is 35.0 Å². The van der Waals surface area contributed by atoms with Crippen molar-refractivity contribution in [2.75, 3.05) is 13.7 Å². The molecule has 0 aliphatic heterocycles. The van der Waals surface area contributed by atoms with Crippen LogP contribution in [0.5, 0.6) is 5.75 Å². The van der Waals surface area contributed by atoms with Crippen molar-refractivity contribution >= 4 is 0 Å². The van der Waals surface area contributed by atoms with Crippen molar-refractivity contribution in [3.05, 3.63) is 84.0 Å². The Morgan fingerprint density at radius 3 is 2.63 bits per heavy atom. The van der Waals surface area contributed by atoms with Gasteiger partial charge in [0.05, 0.1) is 18.0 Å². The molecule has 0 N–H and O–H groups in total. The maximum Gasteiger partial charge on any atom is 0.226 e. The molecular weight excluding hydrogens is 376 g/mol. The number of hydrogen-bond donors (Lipinski definition) is 0. The molecule has 2 heterocycles. The van der Waals surface area contributed by atoms with Gasteiger partial charge in [0.15, 0.2) is 0 Å². The Morgan fingerprint density at radius 1 is 1.07 bits per heavy atom. The summed E-state index contributed by atoms with van der Waals surface area (Å²) in [5.41, 5.74) is 4.17. The Balaban J connectivity index is 1.44. The highest BCUT2D eigenvalue weighted by Gasteiger charge is 2.14. The number of hydrogen-bond acceptors (Lipinski definition) is 5. The molecule has 0 radical (unpaired) electrons. The van der Waals surface area contributed by atoms with E-state index in [1.54, 1.807) is 6.20 Å². The van der Waals surface area contributed by atoms with Gasteiger partial charge in [0.1, 0.15) is 11.5 Å². The molecule has 154 valence electrons. The summed E-state index contributed by atoms with van der Waals surface area (Å²) >= 11 is 0. The first-order valence-electron chi connectivity index (χ1n) is 10.1. The van der Waals surface area contributed by atoms with Gasteiger partial charge in [-0.2, -0.15) is 5.10 Å². The molecule has 0 fully saturated rings. The Bertz CT molecular complexity index is 1080. The molecule has 4 rings (SSSR count). The van der Waals surface area contributed by atoms with Crippen LogP contribution in [0.3, 0.4) is 0 Å². The van der Waals surface area contributed by atoms with E-state index in [0.29, 0.717) is 19.0 Å². The number of nitrogens with zero attached hydrogens (tertiary/aromatic N) is 4. The molecule has 0 aliphatic rings. The Kier molecular flexibility index (Phi) is 5.95. The second kappa shape index (κ2) is 8.97. The van der Waals surface area contributed by atoms with Crippen molar-refractivity contribution in [2.24, 2.45) is 0 Å². The zero-order chi connectivity index (χ0) is 20.9. The molecule has 0 saturated carbocycles. The van der Waals surface area contributed by atoms with Crippen LogP contribution in [0.4, 0.5) is 0 Å². The van der Waals surface area contributed by atoms with Gasteiger partial charge in [-0.25, -0.2) is 9.67 Å². The minimum atomic E-state index is 0.639. The maximum atomic E-state index is 5.93. The summed E-state index contributed by atoms with van der Waals surface area (Å²) in [6.45, 7) is 6.10. The van der Waals surface area contributed by atoms with Gasteiger partial charge in [-0.15, -0.1) is 0 Å². The predicted molar refractivity (Wildman–Crippen MR) is 117 cm³/mol. The van der Waals surface area contributed by atoms with E-state index in [1.807, 2.05) is 55.1 Å². The molecule has 30 heavy (non-hydrogen) atoms. The zero-order valence-electron chi connectivity index (χ0n) is 17.6. The summed E-state index contributed by atoms with van der Waals surface area (Å²) in [5.74, 6) is 2.33. The van der Waals surface area contributed by atoms with Crippen LogP contribution >= 0.6 is 0 Å². The van der Waals surface area contributed by atoms with Gasteiger partial charge in [0.25, 0.3) is 0 Å². The van der Waals surface area contributed by atoms with E-state index < -0.39 is 0 Å². The van der Waals surface area contributed by atoms with E-state index in [9.17, 15) is 0 Å². The highest BCUT2D eigenvalue weighted by molar-refractivity contribution is 5.55. The van der Waals surface area contributed by atoms with Gasteiger partial charge in [-0.3, -0.25) is 4.90 Å². The first-order chi connectivity index (χ1) is 14.6. The third-order valence-electron chi connectivity index (χ3n) is 4.86. The SMILES string of the molecule is CCOc1ccc(-c2nc(CN(C)Cc3cccc(-n4cccn4)c3)c(C)o2)cc1. The van der Waals surface area contributed by atoms with Crippen LogP contribution in [0.1, 0.15) is 23.9 Å². The highest BCUT2D eigenvalue weighted by Crippen LogP contribution is 2.25. The lowest BCUT2D eigenvalue weighted by Gasteiger charge is -2.16. The van der Waals surface area contributed by atoms with Crippen molar-refractivity contribution in [2.45, 2.75) is 26.9 Å². The minimum absolute atomic E-state index is 0.639. The molecule has 0 unspecified atom stereocenters.